The molecule has 6 nitrogen and oxygen atoms in total. The molecule has 28 heavy (non-hydrogen) atoms. The number of amides is 1. The first-order valence-electron chi connectivity index (χ1n) is 10.0. The Bertz CT molecular complexity index is 754. The van der Waals surface area contributed by atoms with Gasteiger partial charge in [-0.1, -0.05) is 12.1 Å². The number of hydrogen-bond acceptors (Lipinski definition) is 5. The number of benzene rings is 1. The SMILES string of the molecule is CC(C)Oc1ccc(-c2ccc(C(=O)N(C)CCCC3CCCO3)cc2)nn1. The minimum absolute atomic E-state index is 0.0330. The summed E-state index contributed by atoms with van der Waals surface area (Å²) in [6.45, 7) is 5.52. The summed E-state index contributed by atoms with van der Waals surface area (Å²) in [5.74, 6) is 0.542. The number of hydrogen-bond donors (Lipinski definition) is 0. The van der Waals surface area contributed by atoms with Crippen molar-refractivity contribution >= 4 is 5.91 Å². The van der Waals surface area contributed by atoms with Gasteiger partial charge in [-0.3, -0.25) is 4.79 Å². The minimum Gasteiger partial charge on any atom is -0.474 e. The molecule has 2 aromatic rings. The van der Waals surface area contributed by atoms with E-state index in [1.807, 2.05) is 57.3 Å². The summed E-state index contributed by atoms with van der Waals surface area (Å²) in [4.78, 5) is 14.4. The third-order valence-corrected chi connectivity index (χ3v) is 4.81. The normalized spacial score (nSPS) is 16.4. The predicted octanol–water partition coefficient (Wildman–Crippen LogP) is 3.96. The summed E-state index contributed by atoms with van der Waals surface area (Å²) in [5, 5.41) is 8.30. The highest BCUT2D eigenvalue weighted by Crippen LogP contribution is 2.20. The smallest absolute Gasteiger partial charge is 0.253 e. The summed E-state index contributed by atoms with van der Waals surface area (Å²) in [5.41, 5.74) is 2.34. The number of ether oxygens (including phenoxy) is 2. The highest BCUT2D eigenvalue weighted by atomic mass is 16.5. The zero-order valence-electron chi connectivity index (χ0n) is 16.9. The highest BCUT2D eigenvalue weighted by molar-refractivity contribution is 5.94. The first kappa shape index (κ1) is 20.3. The van der Waals surface area contributed by atoms with Gasteiger partial charge < -0.3 is 14.4 Å². The molecule has 1 fully saturated rings. The molecular weight excluding hydrogens is 354 g/mol. The lowest BCUT2D eigenvalue weighted by atomic mass is 10.1. The second-order valence-corrected chi connectivity index (χ2v) is 7.50. The fraction of sp³-hybridized carbons (Fsp3) is 0.500. The van der Waals surface area contributed by atoms with Gasteiger partial charge in [0, 0.05) is 37.4 Å². The maximum absolute atomic E-state index is 12.6. The van der Waals surface area contributed by atoms with Crippen molar-refractivity contribution in [3.05, 3.63) is 42.0 Å². The average Bonchev–Trinajstić information content (AvgIpc) is 3.21. The topological polar surface area (TPSA) is 64.5 Å². The number of carbonyl (C=O) groups is 1. The molecule has 0 aliphatic carbocycles. The Kier molecular flexibility index (Phi) is 6.98. The first-order valence-corrected chi connectivity index (χ1v) is 10.0. The summed E-state index contributed by atoms with van der Waals surface area (Å²) >= 11 is 0. The van der Waals surface area contributed by atoms with Gasteiger partial charge in [0.05, 0.1) is 17.9 Å². The van der Waals surface area contributed by atoms with Crippen molar-refractivity contribution in [3.63, 3.8) is 0 Å². The Hall–Kier alpha value is -2.47. The molecule has 1 aromatic carbocycles. The maximum Gasteiger partial charge on any atom is 0.253 e. The lowest BCUT2D eigenvalue weighted by Gasteiger charge is -2.18. The van der Waals surface area contributed by atoms with Gasteiger partial charge in [-0.2, -0.15) is 0 Å². The van der Waals surface area contributed by atoms with Crippen LogP contribution in [-0.4, -0.2) is 53.4 Å². The van der Waals surface area contributed by atoms with Gasteiger partial charge >= 0.3 is 0 Å². The minimum atomic E-state index is 0.0330. The monoisotopic (exact) mass is 383 g/mol. The van der Waals surface area contributed by atoms with Crippen LogP contribution in [0, 0.1) is 0 Å². The molecule has 1 aromatic heterocycles. The van der Waals surface area contributed by atoms with Crippen molar-refractivity contribution in [2.45, 2.75) is 51.7 Å². The third kappa shape index (κ3) is 5.52. The molecule has 6 heteroatoms. The van der Waals surface area contributed by atoms with Gasteiger partial charge in [0.25, 0.3) is 5.91 Å². The fourth-order valence-electron chi connectivity index (χ4n) is 3.31. The fourth-order valence-corrected chi connectivity index (χ4v) is 3.31. The standard InChI is InChI=1S/C22H29N3O3/c1-16(2)28-21-13-12-20(23-24-21)17-8-10-18(11-9-17)22(26)25(3)14-4-6-19-7-5-15-27-19/h8-13,16,19H,4-7,14-15H2,1-3H3. The largest absolute Gasteiger partial charge is 0.474 e. The van der Waals surface area contributed by atoms with E-state index < -0.39 is 0 Å². The lowest BCUT2D eigenvalue weighted by Crippen LogP contribution is -2.28. The summed E-state index contributed by atoms with van der Waals surface area (Å²) in [6, 6.07) is 11.2. The Morgan fingerprint density at radius 2 is 2.00 bits per heavy atom. The Morgan fingerprint density at radius 3 is 2.61 bits per heavy atom. The van der Waals surface area contributed by atoms with Crippen LogP contribution in [0.1, 0.15) is 49.9 Å². The molecular formula is C22H29N3O3. The second-order valence-electron chi connectivity index (χ2n) is 7.50. The summed E-state index contributed by atoms with van der Waals surface area (Å²) < 4.78 is 11.2. The van der Waals surface area contributed by atoms with Crippen LogP contribution in [0.5, 0.6) is 5.88 Å². The molecule has 1 saturated heterocycles. The van der Waals surface area contributed by atoms with Crippen LogP contribution in [0.15, 0.2) is 36.4 Å². The average molecular weight is 383 g/mol. The number of nitrogens with zero attached hydrogens (tertiary/aromatic N) is 3. The summed E-state index contributed by atoms with van der Waals surface area (Å²) in [6.07, 6.45) is 4.72. The van der Waals surface area contributed by atoms with Crippen molar-refractivity contribution in [2.75, 3.05) is 20.2 Å². The van der Waals surface area contributed by atoms with Crippen LogP contribution in [0.2, 0.25) is 0 Å². The number of rotatable bonds is 8. The molecule has 1 aliphatic rings. The van der Waals surface area contributed by atoms with Crippen LogP contribution in [0.25, 0.3) is 11.3 Å². The molecule has 3 rings (SSSR count). The van der Waals surface area contributed by atoms with Gasteiger partial charge in [-0.15, -0.1) is 10.2 Å². The van der Waals surface area contributed by atoms with E-state index in [1.54, 1.807) is 4.90 Å². The summed E-state index contributed by atoms with van der Waals surface area (Å²) in [7, 11) is 1.85. The second kappa shape index (κ2) is 9.64. The van der Waals surface area contributed by atoms with Crippen LogP contribution < -0.4 is 4.74 Å². The Morgan fingerprint density at radius 1 is 1.21 bits per heavy atom. The molecule has 0 radical (unpaired) electrons. The molecule has 0 bridgehead atoms. The zero-order valence-corrected chi connectivity index (χ0v) is 16.9. The number of carbonyl (C=O) groups excluding carboxylic acids is 1. The van der Waals surface area contributed by atoms with E-state index in [4.69, 9.17) is 9.47 Å². The van der Waals surface area contributed by atoms with Crippen molar-refractivity contribution in [1.82, 2.24) is 15.1 Å². The van der Waals surface area contributed by atoms with Crippen LogP contribution in [-0.2, 0) is 4.74 Å². The maximum atomic E-state index is 12.6. The van der Waals surface area contributed by atoms with Gasteiger partial charge in [-0.05, 0) is 57.7 Å². The van der Waals surface area contributed by atoms with E-state index in [9.17, 15) is 4.79 Å². The van der Waals surface area contributed by atoms with Crippen molar-refractivity contribution < 1.29 is 14.3 Å². The molecule has 1 aliphatic heterocycles. The predicted molar refractivity (Wildman–Crippen MR) is 108 cm³/mol. The van der Waals surface area contributed by atoms with Crippen LogP contribution >= 0.6 is 0 Å². The highest BCUT2D eigenvalue weighted by Gasteiger charge is 2.17. The van der Waals surface area contributed by atoms with Gasteiger partial charge in [-0.25, -0.2) is 0 Å². The molecule has 1 amide bonds. The first-order chi connectivity index (χ1) is 13.5. The van der Waals surface area contributed by atoms with E-state index in [1.165, 1.54) is 0 Å². The van der Waals surface area contributed by atoms with E-state index in [0.29, 0.717) is 17.5 Å². The van der Waals surface area contributed by atoms with Gasteiger partial charge in [0.2, 0.25) is 5.88 Å². The molecule has 1 atom stereocenters. The quantitative estimate of drug-likeness (QED) is 0.690. The van der Waals surface area contributed by atoms with Crippen LogP contribution in [0.4, 0.5) is 0 Å². The molecule has 0 spiro atoms. The van der Waals surface area contributed by atoms with Crippen molar-refractivity contribution in [1.29, 1.82) is 0 Å². The van der Waals surface area contributed by atoms with Crippen LogP contribution in [0.3, 0.4) is 0 Å². The zero-order chi connectivity index (χ0) is 19.9. The molecule has 2 heterocycles. The van der Waals surface area contributed by atoms with Crippen molar-refractivity contribution in [2.24, 2.45) is 0 Å². The van der Waals surface area contributed by atoms with Gasteiger partial charge in [0.15, 0.2) is 0 Å². The van der Waals surface area contributed by atoms with E-state index in [0.717, 1.165) is 50.1 Å². The Balaban J connectivity index is 1.54. The van der Waals surface area contributed by atoms with Gasteiger partial charge in [0.1, 0.15) is 0 Å². The Labute approximate surface area is 166 Å². The lowest BCUT2D eigenvalue weighted by molar-refractivity contribution is 0.0763. The number of aromatic nitrogens is 2. The third-order valence-electron chi connectivity index (χ3n) is 4.81. The van der Waals surface area contributed by atoms with Crippen molar-refractivity contribution in [3.8, 4) is 17.1 Å². The molecule has 1 unspecified atom stereocenters. The molecule has 0 N–H and O–H groups in total. The van der Waals surface area contributed by atoms with E-state index in [-0.39, 0.29) is 12.0 Å². The molecule has 0 saturated carbocycles. The van der Waals surface area contributed by atoms with E-state index >= 15 is 0 Å². The molecule has 150 valence electrons. The van der Waals surface area contributed by atoms with E-state index in [2.05, 4.69) is 10.2 Å².